The normalized spacial score (nSPS) is 14.7. The maximum absolute atomic E-state index is 14.1. The third kappa shape index (κ3) is 4.44. The fourth-order valence-corrected chi connectivity index (χ4v) is 2.83. The van der Waals surface area contributed by atoms with Crippen molar-refractivity contribution in [2.75, 3.05) is 13.2 Å². The van der Waals surface area contributed by atoms with Crippen LogP contribution >= 0.6 is 0 Å². The molecule has 1 aliphatic carbocycles. The van der Waals surface area contributed by atoms with Crippen LogP contribution in [-0.4, -0.2) is 24.0 Å². The molecule has 2 rings (SSSR count). The number of hydrogen-bond donors (Lipinski definition) is 1. The summed E-state index contributed by atoms with van der Waals surface area (Å²) in [7, 11) is 0. The van der Waals surface area contributed by atoms with Crippen LogP contribution in [0.3, 0.4) is 0 Å². The number of carbonyl (C=O) groups excluding carboxylic acids is 1. The molecule has 128 valence electrons. The van der Waals surface area contributed by atoms with E-state index >= 15 is 0 Å². The summed E-state index contributed by atoms with van der Waals surface area (Å²) in [6.45, 7) is 0.189. The number of nitrogens with zero attached hydrogens (tertiary/aromatic N) is 1. The van der Waals surface area contributed by atoms with Gasteiger partial charge in [-0.3, -0.25) is 14.9 Å². The van der Waals surface area contributed by atoms with E-state index in [1.165, 1.54) is 6.42 Å². The summed E-state index contributed by atoms with van der Waals surface area (Å²) in [6.07, 6.45) is 10.6. The smallest absolute Gasteiger partial charge is 0.314 e. The predicted octanol–water partition coefficient (Wildman–Crippen LogP) is 3.06. The van der Waals surface area contributed by atoms with Crippen LogP contribution in [0.1, 0.15) is 42.5 Å². The van der Waals surface area contributed by atoms with Gasteiger partial charge in [-0.2, -0.15) is 0 Å². The number of carbonyl (C=O) groups is 1. The number of halogens is 1. The van der Waals surface area contributed by atoms with Gasteiger partial charge in [0.25, 0.3) is 5.91 Å². The van der Waals surface area contributed by atoms with E-state index in [1.54, 1.807) is 0 Å². The van der Waals surface area contributed by atoms with Crippen molar-refractivity contribution in [3.63, 3.8) is 0 Å². The summed E-state index contributed by atoms with van der Waals surface area (Å²) in [5.41, 5.74) is -0.726. The third-order valence-corrected chi connectivity index (χ3v) is 4.06. The SMILES string of the molecule is C#CCOc1c(F)cc(C(=O)NCC2CCCCC2)cc1[N+](=O)[O-]. The number of nitrogens with one attached hydrogen (secondary N) is 1. The van der Waals surface area contributed by atoms with Gasteiger partial charge in [-0.1, -0.05) is 25.2 Å². The van der Waals surface area contributed by atoms with Crippen LogP contribution in [0.2, 0.25) is 0 Å². The Bertz CT molecular complexity index is 663. The first kappa shape index (κ1) is 17.7. The van der Waals surface area contributed by atoms with Crippen molar-refractivity contribution in [1.29, 1.82) is 0 Å². The predicted molar refractivity (Wildman–Crippen MR) is 86.3 cm³/mol. The van der Waals surface area contributed by atoms with Gasteiger partial charge < -0.3 is 10.1 Å². The fourth-order valence-electron chi connectivity index (χ4n) is 2.83. The average molecular weight is 334 g/mol. The lowest BCUT2D eigenvalue weighted by Gasteiger charge is -2.21. The van der Waals surface area contributed by atoms with Gasteiger partial charge in [0, 0.05) is 18.2 Å². The minimum Gasteiger partial charge on any atom is -0.472 e. The molecule has 1 aliphatic rings. The minimum absolute atomic E-state index is 0.108. The Morgan fingerprint density at radius 3 is 2.75 bits per heavy atom. The van der Waals surface area contributed by atoms with E-state index in [0.29, 0.717) is 12.5 Å². The minimum atomic E-state index is -0.984. The maximum Gasteiger partial charge on any atom is 0.314 e. The number of amides is 1. The largest absolute Gasteiger partial charge is 0.472 e. The molecule has 0 heterocycles. The highest BCUT2D eigenvalue weighted by Crippen LogP contribution is 2.31. The quantitative estimate of drug-likeness (QED) is 0.492. The van der Waals surface area contributed by atoms with Crippen LogP contribution in [0.4, 0.5) is 10.1 Å². The lowest BCUT2D eigenvalue weighted by atomic mass is 9.89. The zero-order chi connectivity index (χ0) is 17.5. The summed E-state index contributed by atoms with van der Waals surface area (Å²) < 4.78 is 19.0. The van der Waals surface area contributed by atoms with E-state index in [2.05, 4.69) is 11.2 Å². The van der Waals surface area contributed by atoms with E-state index in [0.717, 1.165) is 37.8 Å². The molecule has 1 saturated carbocycles. The third-order valence-electron chi connectivity index (χ3n) is 4.06. The highest BCUT2D eigenvalue weighted by Gasteiger charge is 2.24. The van der Waals surface area contributed by atoms with E-state index in [1.807, 2.05) is 0 Å². The zero-order valence-electron chi connectivity index (χ0n) is 13.2. The summed E-state index contributed by atoms with van der Waals surface area (Å²) in [6, 6.07) is 1.93. The second-order valence-corrected chi connectivity index (χ2v) is 5.77. The van der Waals surface area contributed by atoms with Crippen molar-refractivity contribution >= 4 is 11.6 Å². The van der Waals surface area contributed by atoms with Crippen LogP contribution < -0.4 is 10.1 Å². The molecule has 24 heavy (non-hydrogen) atoms. The number of terminal acetylenes is 1. The van der Waals surface area contributed by atoms with Crippen molar-refractivity contribution in [2.24, 2.45) is 5.92 Å². The number of nitro benzene ring substituents is 1. The second kappa shape index (κ2) is 8.29. The topological polar surface area (TPSA) is 81.5 Å². The molecule has 6 nitrogen and oxygen atoms in total. The molecular formula is C17H19FN2O4. The molecule has 0 saturated heterocycles. The van der Waals surface area contributed by atoms with Gasteiger partial charge in [-0.25, -0.2) is 4.39 Å². The summed E-state index contributed by atoms with van der Waals surface area (Å²) in [5.74, 6) is 0.442. The van der Waals surface area contributed by atoms with Crippen LogP contribution in [0, 0.1) is 34.2 Å². The van der Waals surface area contributed by atoms with Crippen molar-refractivity contribution in [3.05, 3.63) is 33.6 Å². The first-order valence-corrected chi connectivity index (χ1v) is 7.85. The molecule has 0 atom stereocenters. The summed E-state index contributed by atoms with van der Waals surface area (Å²) in [4.78, 5) is 22.5. The Balaban J connectivity index is 2.12. The van der Waals surface area contributed by atoms with Gasteiger partial charge in [0.15, 0.2) is 5.82 Å². The zero-order valence-corrected chi connectivity index (χ0v) is 13.2. The van der Waals surface area contributed by atoms with Crippen LogP contribution in [0.15, 0.2) is 12.1 Å². The molecule has 1 N–H and O–H groups in total. The molecule has 0 bridgehead atoms. The molecular weight excluding hydrogens is 315 g/mol. The molecule has 1 fully saturated rings. The molecule has 0 radical (unpaired) electrons. The van der Waals surface area contributed by atoms with Crippen molar-refractivity contribution in [1.82, 2.24) is 5.32 Å². The summed E-state index contributed by atoms with van der Waals surface area (Å²) >= 11 is 0. The first-order valence-electron chi connectivity index (χ1n) is 7.85. The fraction of sp³-hybridized carbons (Fsp3) is 0.471. The van der Waals surface area contributed by atoms with E-state index in [9.17, 15) is 19.3 Å². The average Bonchev–Trinajstić information content (AvgIpc) is 2.58. The van der Waals surface area contributed by atoms with Crippen molar-refractivity contribution in [3.8, 4) is 18.1 Å². The van der Waals surface area contributed by atoms with Gasteiger partial charge in [0.05, 0.1) is 4.92 Å². The van der Waals surface area contributed by atoms with Crippen LogP contribution in [0.25, 0.3) is 0 Å². The number of ether oxygens (including phenoxy) is 1. The standard InChI is InChI=1S/C17H19FN2O4/c1-2-8-24-16-14(18)9-13(10-15(16)20(22)23)17(21)19-11-12-6-4-3-5-7-12/h1,9-10,12H,3-8,11H2,(H,19,21). The highest BCUT2D eigenvalue weighted by molar-refractivity contribution is 5.95. The summed E-state index contributed by atoms with van der Waals surface area (Å²) in [5, 5.41) is 13.8. The number of benzene rings is 1. The van der Waals surface area contributed by atoms with E-state index in [4.69, 9.17) is 11.2 Å². The van der Waals surface area contributed by atoms with Crippen LogP contribution in [0.5, 0.6) is 5.75 Å². The first-order chi connectivity index (χ1) is 11.5. The number of nitro groups is 1. The molecule has 1 amide bonds. The van der Waals surface area contributed by atoms with Gasteiger partial charge in [0.2, 0.25) is 5.75 Å². The Kier molecular flexibility index (Phi) is 6.13. The molecule has 0 spiro atoms. The Hall–Kier alpha value is -2.62. The van der Waals surface area contributed by atoms with Gasteiger partial charge in [-0.05, 0) is 24.8 Å². The van der Waals surface area contributed by atoms with E-state index in [-0.39, 0.29) is 12.2 Å². The molecule has 0 aliphatic heterocycles. The second-order valence-electron chi connectivity index (χ2n) is 5.77. The lowest BCUT2D eigenvalue weighted by Crippen LogP contribution is -2.30. The van der Waals surface area contributed by atoms with E-state index < -0.39 is 28.1 Å². The maximum atomic E-state index is 14.1. The molecule has 1 aromatic rings. The van der Waals surface area contributed by atoms with Gasteiger partial charge >= 0.3 is 5.69 Å². The molecule has 0 aromatic heterocycles. The number of hydrogen-bond acceptors (Lipinski definition) is 4. The Morgan fingerprint density at radius 1 is 1.42 bits per heavy atom. The molecule has 0 unspecified atom stereocenters. The Labute approximate surface area is 139 Å². The van der Waals surface area contributed by atoms with Crippen molar-refractivity contribution < 1.29 is 18.8 Å². The highest BCUT2D eigenvalue weighted by atomic mass is 19.1. The lowest BCUT2D eigenvalue weighted by molar-refractivity contribution is -0.386. The van der Waals surface area contributed by atoms with Gasteiger partial charge in [-0.15, -0.1) is 6.42 Å². The van der Waals surface area contributed by atoms with Crippen molar-refractivity contribution in [2.45, 2.75) is 32.1 Å². The monoisotopic (exact) mass is 334 g/mol. The van der Waals surface area contributed by atoms with Gasteiger partial charge in [0.1, 0.15) is 6.61 Å². The Morgan fingerprint density at radius 2 is 2.12 bits per heavy atom. The molecule has 7 heteroatoms. The number of rotatable bonds is 6. The molecule has 1 aromatic carbocycles. The van der Waals surface area contributed by atoms with Crippen LogP contribution in [-0.2, 0) is 0 Å².